The highest BCUT2D eigenvalue weighted by Gasteiger charge is 2.06. The summed E-state index contributed by atoms with van der Waals surface area (Å²) in [5.41, 5.74) is 4.61. The van der Waals surface area contributed by atoms with Crippen molar-refractivity contribution in [2.75, 3.05) is 7.11 Å². The Kier molecular flexibility index (Phi) is 5.91. The second-order valence-electron chi connectivity index (χ2n) is 6.21. The van der Waals surface area contributed by atoms with Crippen molar-refractivity contribution in [3.63, 3.8) is 0 Å². The molecular formula is C24H21NO2. The van der Waals surface area contributed by atoms with E-state index < -0.39 is 0 Å². The number of hydrogen-bond donors (Lipinski definition) is 0. The topological polar surface area (TPSA) is 42.2 Å². The average molecular weight is 355 g/mol. The van der Waals surface area contributed by atoms with E-state index in [4.69, 9.17) is 9.47 Å². The van der Waals surface area contributed by atoms with Crippen molar-refractivity contribution in [1.29, 1.82) is 5.26 Å². The standard InChI is InChI=1S/C24H21NO2/c1-18-7-9-19(10-8-18)17-27-24-6-4-3-5-21(24)15-22(16-25)20-11-13-23(26-2)14-12-20/h3-15H,17H2,1-2H3/b22-15+. The van der Waals surface area contributed by atoms with Crippen LogP contribution in [0.1, 0.15) is 22.3 Å². The number of aryl methyl sites for hydroxylation is 1. The molecule has 0 atom stereocenters. The number of hydrogen-bond acceptors (Lipinski definition) is 3. The molecule has 3 nitrogen and oxygen atoms in total. The maximum absolute atomic E-state index is 9.60. The number of allylic oxidation sites excluding steroid dienone is 1. The minimum absolute atomic E-state index is 0.482. The van der Waals surface area contributed by atoms with Crippen molar-refractivity contribution in [2.45, 2.75) is 13.5 Å². The van der Waals surface area contributed by atoms with Crippen molar-refractivity contribution in [3.05, 3.63) is 95.1 Å². The molecule has 0 aliphatic carbocycles. The first kappa shape index (κ1) is 18.3. The fraction of sp³-hybridized carbons (Fsp3) is 0.125. The van der Waals surface area contributed by atoms with Crippen LogP contribution in [0.25, 0.3) is 11.6 Å². The molecule has 3 heteroatoms. The molecule has 0 fully saturated rings. The molecule has 0 amide bonds. The van der Waals surface area contributed by atoms with Gasteiger partial charge in [-0.25, -0.2) is 0 Å². The van der Waals surface area contributed by atoms with Gasteiger partial charge in [0.15, 0.2) is 0 Å². The van der Waals surface area contributed by atoms with E-state index in [-0.39, 0.29) is 0 Å². The van der Waals surface area contributed by atoms with Gasteiger partial charge < -0.3 is 9.47 Å². The molecule has 0 radical (unpaired) electrons. The van der Waals surface area contributed by atoms with E-state index in [0.717, 1.165) is 28.2 Å². The van der Waals surface area contributed by atoms with Gasteiger partial charge in [-0.05, 0) is 54.5 Å². The van der Waals surface area contributed by atoms with Crippen LogP contribution in [0.5, 0.6) is 11.5 Å². The van der Waals surface area contributed by atoms with Gasteiger partial charge in [0.1, 0.15) is 18.1 Å². The first-order valence-electron chi connectivity index (χ1n) is 8.73. The predicted molar refractivity (Wildman–Crippen MR) is 108 cm³/mol. The minimum atomic E-state index is 0.482. The molecule has 0 aromatic heterocycles. The van der Waals surface area contributed by atoms with Gasteiger partial charge in [0, 0.05) is 5.56 Å². The van der Waals surface area contributed by atoms with Crippen molar-refractivity contribution in [2.24, 2.45) is 0 Å². The zero-order valence-electron chi connectivity index (χ0n) is 15.5. The van der Waals surface area contributed by atoms with Crippen LogP contribution in [0.3, 0.4) is 0 Å². The summed E-state index contributed by atoms with van der Waals surface area (Å²) in [6, 6.07) is 25.7. The number of ether oxygens (including phenoxy) is 2. The fourth-order valence-corrected chi connectivity index (χ4v) is 2.68. The van der Waals surface area contributed by atoms with Crippen molar-refractivity contribution >= 4 is 11.6 Å². The van der Waals surface area contributed by atoms with E-state index in [1.54, 1.807) is 7.11 Å². The van der Waals surface area contributed by atoms with Crippen LogP contribution in [0.15, 0.2) is 72.8 Å². The van der Waals surface area contributed by atoms with Gasteiger partial charge in [0.2, 0.25) is 0 Å². The van der Waals surface area contributed by atoms with Crippen molar-refractivity contribution < 1.29 is 9.47 Å². The lowest BCUT2D eigenvalue weighted by molar-refractivity contribution is 0.305. The average Bonchev–Trinajstić information content (AvgIpc) is 2.72. The molecule has 27 heavy (non-hydrogen) atoms. The molecule has 0 aliphatic rings. The number of para-hydroxylation sites is 1. The van der Waals surface area contributed by atoms with Crippen LogP contribution in [0.2, 0.25) is 0 Å². The molecule has 0 N–H and O–H groups in total. The van der Waals surface area contributed by atoms with Gasteiger partial charge in [0.05, 0.1) is 18.8 Å². The first-order valence-corrected chi connectivity index (χ1v) is 8.73. The summed E-state index contributed by atoms with van der Waals surface area (Å²) in [6.45, 7) is 2.54. The molecular weight excluding hydrogens is 334 g/mol. The van der Waals surface area contributed by atoms with Gasteiger partial charge in [0.25, 0.3) is 0 Å². The monoisotopic (exact) mass is 355 g/mol. The fourth-order valence-electron chi connectivity index (χ4n) is 2.68. The maximum Gasteiger partial charge on any atom is 0.127 e. The van der Waals surface area contributed by atoms with Crippen LogP contribution in [0.4, 0.5) is 0 Å². The van der Waals surface area contributed by atoms with Gasteiger partial charge >= 0.3 is 0 Å². The van der Waals surface area contributed by atoms with Gasteiger partial charge in [-0.15, -0.1) is 0 Å². The number of rotatable bonds is 6. The summed E-state index contributed by atoms with van der Waals surface area (Å²) in [7, 11) is 1.62. The lowest BCUT2D eigenvalue weighted by atomic mass is 10.0. The molecule has 0 spiro atoms. The Labute approximate surface area is 160 Å². The molecule has 3 aromatic carbocycles. The molecule has 0 unspecified atom stereocenters. The van der Waals surface area contributed by atoms with Crippen LogP contribution >= 0.6 is 0 Å². The number of benzene rings is 3. The number of nitrogens with zero attached hydrogens (tertiary/aromatic N) is 1. The van der Waals surface area contributed by atoms with E-state index in [1.165, 1.54) is 5.56 Å². The predicted octanol–water partition coefficient (Wildman–Crippen LogP) is 5.65. The summed E-state index contributed by atoms with van der Waals surface area (Å²) in [5, 5.41) is 9.60. The number of methoxy groups -OCH3 is 1. The summed E-state index contributed by atoms with van der Waals surface area (Å²) >= 11 is 0. The second kappa shape index (κ2) is 8.73. The molecule has 0 saturated carbocycles. The molecule has 0 saturated heterocycles. The minimum Gasteiger partial charge on any atom is -0.497 e. The Hall–Kier alpha value is -3.51. The molecule has 0 aliphatic heterocycles. The zero-order chi connectivity index (χ0) is 19.1. The van der Waals surface area contributed by atoms with Gasteiger partial charge in [-0.2, -0.15) is 5.26 Å². The zero-order valence-corrected chi connectivity index (χ0v) is 15.5. The van der Waals surface area contributed by atoms with E-state index >= 15 is 0 Å². The lowest BCUT2D eigenvalue weighted by Crippen LogP contribution is -1.97. The highest BCUT2D eigenvalue weighted by atomic mass is 16.5. The summed E-state index contributed by atoms with van der Waals surface area (Å²) in [4.78, 5) is 0. The third-order valence-corrected chi connectivity index (χ3v) is 4.26. The third kappa shape index (κ3) is 4.77. The molecule has 134 valence electrons. The highest BCUT2D eigenvalue weighted by molar-refractivity contribution is 5.90. The van der Waals surface area contributed by atoms with Crippen LogP contribution in [0, 0.1) is 18.3 Å². The van der Waals surface area contributed by atoms with Crippen molar-refractivity contribution in [3.8, 4) is 17.6 Å². The quantitative estimate of drug-likeness (QED) is 0.424. The highest BCUT2D eigenvalue weighted by Crippen LogP contribution is 2.26. The van der Waals surface area contributed by atoms with Crippen molar-refractivity contribution in [1.82, 2.24) is 0 Å². The molecule has 0 bridgehead atoms. The molecule has 0 heterocycles. The maximum atomic E-state index is 9.60. The van der Waals surface area contributed by atoms with Gasteiger partial charge in [-0.1, -0.05) is 48.0 Å². The van der Waals surface area contributed by atoms with Crippen LogP contribution < -0.4 is 9.47 Å². The Balaban J connectivity index is 1.83. The Bertz CT molecular complexity index is 965. The Morgan fingerprint density at radius 3 is 2.33 bits per heavy atom. The third-order valence-electron chi connectivity index (χ3n) is 4.26. The number of nitriles is 1. The largest absolute Gasteiger partial charge is 0.497 e. The normalized spacial score (nSPS) is 10.9. The van der Waals surface area contributed by atoms with Crippen LogP contribution in [-0.4, -0.2) is 7.11 Å². The SMILES string of the molecule is COc1ccc(/C(C#N)=C/c2ccccc2OCc2ccc(C)cc2)cc1. The summed E-state index contributed by atoms with van der Waals surface area (Å²) in [6.07, 6.45) is 1.85. The molecule has 3 aromatic rings. The smallest absolute Gasteiger partial charge is 0.127 e. The molecule has 3 rings (SSSR count). The lowest BCUT2D eigenvalue weighted by Gasteiger charge is -2.10. The van der Waals surface area contributed by atoms with E-state index in [2.05, 4.69) is 37.3 Å². The Morgan fingerprint density at radius 1 is 0.963 bits per heavy atom. The summed E-state index contributed by atoms with van der Waals surface area (Å²) < 4.78 is 11.2. The Morgan fingerprint density at radius 2 is 1.67 bits per heavy atom. The first-order chi connectivity index (χ1) is 13.2. The van der Waals surface area contributed by atoms with E-state index in [1.807, 2.05) is 54.6 Å². The van der Waals surface area contributed by atoms with E-state index in [9.17, 15) is 5.26 Å². The second-order valence-corrected chi connectivity index (χ2v) is 6.21. The van der Waals surface area contributed by atoms with E-state index in [0.29, 0.717) is 12.2 Å². The summed E-state index contributed by atoms with van der Waals surface area (Å²) in [5.74, 6) is 1.51. The van der Waals surface area contributed by atoms with Crippen LogP contribution in [-0.2, 0) is 6.61 Å². The van der Waals surface area contributed by atoms with Gasteiger partial charge in [-0.3, -0.25) is 0 Å².